The van der Waals surface area contributed by atoms with E-state index in [4.69, 9.17) is 4.74 Å². The van der Waals surface area contributed by atoms with Crippen molar-refractivity contribution in [1.82, 2.24) is 0 Å². The molecule has 0 bridgehead atoms. The molecule has 0 aliphatic rings. The monoisotopic (exact) mass is 254 g/mol. The zero-order valence-corrected chi connectivity index (χ0v) is 11.0. The summed E-state index contributed by atoms with van der Waals surface area (Å²) >= 11 is 0. The number of hydrogen-bond donors (Lipinski definition) is 1. The molecule has 2 heteroatoms. The zero-order chi connectivity index (χ0) is 13.7. The maximum atomic E-state index is 10.2. The molecule has 1 unspecified atom stereocenters. The van der Waals surface area contributed by atoms with Gasteiger partial charge in [0.1, 0.15) is 11.5 Å². The van der Waals surface area contributed by atoms with Gasteiger partial charge in [-0.25, -0.2) is 0 Å². The molecule has 0 saturated carbocycles. The fourth-order valence-electron chi connectivity index (χ4n) is 2.24. The van der Waals surface area contributed by atoms with Gasteiger partial charge in [-0.05, 0) is 18.1 Å². The first-order chi connectivity index (χ1) is 9.26. The molecule has 0 heterocycles. The Bertz CT molecular complexity index is 546. The predicted molar refractivity (Wildman–Crippen MR) is 77.8 cm³/mol. The van der Waals surface area contributed by atoms with Gasteiger partial charge >= 0.3 is 0 Å². The van der Waals surface area contributed by atoms with Crippen molar-refractivity contribution in [1.29, 1.82) is 0 Å². The van der Waals surface area contributed by atoms with Gasteiger partial charge in [-0.2, -0.15) is 0 Å². The van der Waals surface area contributed by atoms with Gasteiger partial charge in [0.05, 0.1) is 7.11 Å². The molecule has 98 valence electrons. The Morgan fingerprint density at radius 3 is 2.53 bits per heavy atom. The van der Waals surface area contributed by atoms with Crippen LogP contribution in [0.4, 0.5) is 0 Å². The van der Waals surface area contributed by atoms with Crippen molar-refractivity contribution >= 4 is 0 Å². The van der Waals surface area contributed by atoms with E-state index < -0.39 is 0 Å². The first-order valence-electron chi connectivity index (χ1n) is 6.29. The molecule has 2 aromatic rings. The summed E-state index contributed by atoms with van der Waals surface area (Å²) in [6.07, 6.45) is 2.66. The van der Waals surface area contributed by atoms with Crippen LogP contribution in [0.5, 0.6) is 11.5 Å². The van der Waals surface area contributed by atoms with Crippen molar-refractivity contribution in [3.63, 3.8) is 0 Å². The van der Waals surface area contributed by atoms with Crippen molar-refractivity contribution < 1.29 is 9.84 Å². The van der Waals surface area contributed by atoms with Crippen LogP contribution < -0.4 is 4.74 Å². The standard InChI is InChI=1S/C17H18O2/c1-3-7-15(13-8-5-4-6-9-13)16-11-10-14(19-2)12-17(16)18/h3-6,8-12,15,18H,1,7H2,2H3. The minimum absolute atomic E-state index is 0.115. The lowest BCUT2D eigenvalue weighted by molar-refractivity contribution is 0.406. The fourth-order valence-corrected chi connectivity index (χ4v) is 2.24. The van der Waals surface area contributed by atoms with E-state index in [0.29, 0.717) is 5.75 Å². The lowest BCUT2D eigenvalue weighted by atomic mass is 9.88. The highest BCUT2D eigenvalue weighted by molar-refractivity contribution is 5.45. The third kappa shape index (κ3) is 2.97. The number of methoxy groups -OCH3 is 1. The first kappa shape index (κ1) is 13.2. The second kappa shape index (κ2) is 6.10. The molecular formula is C17H18O2. The second-order valence-electron chi connectivity index (χ2n) is 4.41. The Morgan fingerprint density at radius 1 is 1.21 bits per heavy atom. The van der Waals surface area contributed by atoms with Crippen LogP contribution in [0.2, 0.25) is 0 Å². The summed E-state index contributed by atoms with van der Waals surface area (Å²) in [5.74, 6) is 1.03. The van der Waals surface area contributed by atoms with Gasteiger partial charge in [0, 0.05) is 17.5 Å². The number of rotatable bonds is 5. The van der Waals surface area contributed by atoms with Gasteiger partial charge in [-0.15, -0.1) is 6.58 Å². The number of phenols is 1. The molecule has 0 radical (unpaired) electrons. The first-order valence-corrected chi connectivity index (χ1v) is 6.29. The molecule has 2 aromatic carbocycles. The van der Waals surface area contributed by atoms with Gasteiger partial charge in [0.2, 0.25) is 0 Å². The molecule has 0 saturated heterocycles. The number of ether oxygens (including phenoxy) is 1. The summed E-state index contributed by atoms with van der Waals surface area (Å²) in [7, 11) is 1.59. The third-order valence-electron chi connectivity index (χ3n) is 3.22. The van der Waals surface area contributed by atoms with Gasteiger partial charge in [0.25, 0.3) is 0 Å². The van der Waals surface area contributed by atoms with E-state index in [9.17, 15) is 5.11 Å². The Labute approximate surface area is 114 Å². The van der Waals surface area contributed by atoms with Gasteiger partial charge in [-0.1, -0.05) is 42.5 Å². The maximum absolute atomic E-state index is 10.2. The lowest BCUT2D eigenvalue weighted by Gasteiger charge is -2.18. The van der Waals surface area contributed by atoms with Gasteiger partial charge in [-0.3, -0.25) is 0 Å². The molecule has 0 aliphatic carbocycles. The minimum Gasteiger partial charge on any atom is -0.508 e. The molecule has 1 atom stereocenters. The number of phenolic OH excluding ortho intramolecular Hbond substituents is 1. The number of hydrogen-bond acceptors (Lipinski definition) is 2. The normalized spacial score (nSPS) is 11.8. The summed E-state index contributed by atoms with van der Waals surface area (Å²) < 4.78 is 5.12. The lowest BCUT2D eigenvalue weighted by Crippen LogP contribution is -2.00. The Balaban J connectivity index is 2.42. The predicted octanol–water partition coefficient (Wildman–Crippen LogP) is 4.11. The quantitative estimate of drug-likeness (QED) is 0.814. The zero-order valence-electron chi connectivity index (χ0n) is 11.0. The molecule has 2 nitrogen and oxygen atoms in total. The largest absolute Gasteiger partial charge is 0.508 e. The van der Waals surface area contributed by atoms with E-state index in [2.05, 4.69) is 18.7 Å². The summed E-state index contributed by atoms with van der Waals surface area (Å²) in [4.78, 5) is 0. The van der Waals surface area contributed by atoms with Crippen molar-refractivity contribution in [2.24, 2.45) is 0 Å². The highest BCUT2D eigenvalue weighted by Crippen LogP contribution is 2.35. The van der Waals surface area contributed by atoms with Crippen LogP contribution in [0.25, 0.3) is 0 Å². The number of benzene rings is 2. The molecule has 0 spiro atoms. The average molecular weight is 254 g/mol. The number of allylic oxidation sites excluding steroid dienone is 1. The van der Waals surface area contributed by atoms with Crippen molar-refractivity contribution in [3.05, 3.63) is 72.3 Å². The number of aromatic hydroxyl groups is 1. The average Bonchev–Trinajstić information content (AvgIpc) is 2.46. The molecule has 0 aromatic heterocycles. The molecule has 2 rings (SSSR count). The SMILES string of the molecule is C=CCC(c1ccccc1)c1ccc(OC)cc1O. The Kier molecular flexibility index (Phi) is 4.24. The van der Waals surface area contributed by atoms with Crippen LogP contribution in [0.3, 0.4) is 0 Å². The highest BCUT2D eigenvalue weighted by atomic mass is 16.5. The smallest absolute Gasteiger partial charge is 0.123 e. The topological polar surface area (TPSA) is 29.5 Å². The van der Waals surface area contributed by atoms with E-state index in [-0.39, 0.29) is 11.7 Å². The van der Waals surface area contributed by atoms with Crippen molar-refractivity contribution in [2.45, 2.75) is 12.3 Å². The van der Waals surface area contributed by atoms with Crippen LogP contribution >= 0.6 is 0 Å². The molecule has 1 N–H and O–H groups in total. The summed E-state index contributed by atoms with van der Waals surface area (Å²) in [5, 5.41) is 10.2. The highest BCUT2D eigenvalue weighted by Gasteiger charge is 2.16. The van der Waals surface area contributed by atoms with Gasteiger partial charge in [0.15, 0.2) is 0 Å². The van der Waals surface area contributed by atoms with Crippen LogP contribution in [-0.2, 0) is 0 Å². The summed E-state index contributed by atoms with van der Waals surface area (Å²) in [6, 6.07) is 15.6. The molecule has 0 amide bonds. The van der Waals surface area contributed by atoms with Crippen molar-refractivity contribution in [3.8, 4) is 11.5 Å². The Hall–Kier alpha value is -2.22. The van der Waals surface area contributed by atoms with E-state index in [1.165, 1.54) is 5.56 Å². The van der Waals surface area contributed by atoms with Crippen LogP contribution in [-0.4, -0.2) is 12.2 Å². The molecule has 0 aliphatic heterocycles. The maximum Gasteiger partial charge on any atom is 0.123 e. The van der Waals surface area contributed by atoms with E-state index in [0.717, 1.165) is 12.0 Å². The minimum atomic E-state index is 0.115. The van der Waals surface area contributed by atoms with Crippen LogP contribution in [0, 0.1) is 0 Å². The second-order valence-corrected chi connectivity index (χ2v) is 4.41. The van der Waals surface area contributed by atoms with E-state index >= 15 is 0 Å². The van der Waals surface area contributed by atoms with Crippen LogP contribution in [0.15, 0.2) is 61.2 Å². The van der Waals surface area contributed by atoms with Crippen molar-refractivity contribution in [2.75, 3.05) is 7.11 Å². The third-order valence-corrected chi connectivity index (χ3v) is 3.22. The molecule has 0 fully saturated rings. The molecule has 19 heavy (non-hydrogen) atoms. The summed E-state index contributed by atoms with van der Waals surface area (Å²) in [5.41, 5.74) is 2.06. The van der Waals surface area contributed by atoms with E-state index in [1.54, 1.807) is 13.2 Å². The fraction of sp³-hybridized carbons (Fsp3) is 0.176. The summed E-state index contributed by atoms with van der Waals surface area (Å²) in [6.45, 7) is 3.81. The van der Waals surface area contributed by atoms with E-state index in [1.807, 2.05) is 36.4 Å². The van der Waals surface area contributed by atoms with Crippen LogP contribution in [0.1, 0.15) is 23.5 Å². The molecular weight excluding hydrogens is 236 g/mol. The van der Waals surface area contributed by atoms with Gasteiger partial charge < -0.3 is 9.84 Å². The Morgan fingerprint density at radius 2 is 1.95 bits per heavy atom.